The third-order valence-corrected chi connectivity index (χ3v) is 7.21. The highest BCUT2D eigenvalue weighted by atomic mass is 16.8. The van der Waals surface area contributed by atoms with Crippen LogP contribution in [0.1, 0.15) is 6.42 Å². The maximum absolute atomic E-state index is 12.5. The summed E-state index contributed by atoms with van der Waals surface area (Å²) in [5.74, 6) is -6.28. The average Bonchev–Trinajstić information content (AvgIpc) is 3.01. The largest absolute Gasteiger partial charge is 0.477 e. The van der Waals surface area contributed by atoms with Gasteiger partial charge in [-0.3, -0.25) is 4.79 Å². The van der Waals surface area contributed by atoms with Crippen molar-refractivity contribution < 1.29 is 100 Å². The number of aliphatic hydroxyl groups is 13. The molecule has 21 heteroatoms. The second-order valence-corrected chi connectivity index (χ2v) is 10.3. The van der Waals surface area contributed by atoms with Gasteiger partial charge in [0.05, 0.1) is 38.6 Å². The SMILES string of the molecule is O=C(CO)N[C@H]1[C@H]([C@H](O)[C@H](O)CO)O[C@@](O[C@H]2[C@@H](O)[C@@H](CO)O[C@@H](O[C@@H]([C@H](O)[C@@H](O)CO)[C@H](O)CO)[C@@H]2O)(C(=O)O)C[C@@H]1O. The number of rotatable bonds is 16. The van der Waals surface area contributed by atoms with E-state index in [1.165, 1.54) is 0 Å². The van der Waals surface area contributed by atoms with Crippen LogP contribution in [0.15, 0.2) is 0 Å². The Morgan fingerprint density at radius 2 is 1.48 bits per heavy atom. The predicted octanol–water partition coefficient (Wildman–Crippen LogP) is -9.62. The van der Waals surface area contributed by atoms with Crippen LogP contribution in [-0.4, -0.2) is 208 Å². The first-order chi connectivity index (χ1) is 20.6. The van der Waals surface area contributed by atoms with Gasteiger partial charge < -0.3 is 95.8 Å². The first-order valence-corrected chi connectivity index (χ1v) is 13.3. The van der Waals surface area contributed by atoms with E-state index in [0.717, 1.165) is 0 Å². The maximum atomic E-state index is 12.5. The maximum Gasteiger partial charge on any atom is 0.364 e. The van der Waals surface area contributed by atoms with E-state index < -0.39 is 143 Å². The molecule has 21 nitrogen and oxygen atoms in total. The minimum Gasteiger partial charge on any atom is -0.477 e. The first kappa shape index (κ1) is 38.4. The average molecular weight is 652 g/mol. The van der Waals surface area contributed by atoms with Crippen molar-refractivity contribution in [2.75, 3.05) is 33.0 Å². The molecule has 2 fully saturated rings. The third kappa shape index (κ3) is 8.54. The molecular formula is C23H41NO20. The van der Waals surface area contributed by atoms with E-state index in [1.807, 2.05) is 0 Å². The molecule has 2 aliphatic rings. The number of carboxylic acid groups (broad SMARTS) is 1. The predicted molar refractivity (Wildman–Crippen MR) is 134 cm³/mol. The molecular weight excluding hydrogens is 610 g/mol. The second-order valence-electron chi connectivity index (χ2n) is 10.3. The van der Waals surface area contributed by atoms with Crippen LogP contribution in [0.5, 0.6) is 0 Å². The zero-order valence-corrected chi connectivity index (χ0v) is 23.0. The van der Waals surface area contributed by atoms with Gasteiger partial charge in [0.2, 0.25) is 5.91 Å². The number of amides is 1. The van der Waals surface area contributed by atoms with Gasteiger partial charge in [-0.15, -0.1) is 0 Å². The van der Waals surface area contributed by atoms with E-state index in [9.17, 15) is 70.9 Å². The molecule has 2 rings (SSSR count). The zero-order valence-electron chi connectivity index (χ0n) is 23.0. The topological polar surface area (TPSA) is 366 Å². The van der Waals surface area contributed by atoms with Gasteiger partial charge in [0.15, 0.2) is 6.29 Å². The second kappa shape index (κ2) is 16.7. The number of carbonyl (C=O) groups is 2. The number of nitrogens with one attached hydrogen (secondary N) is 1. The molecule has 258 valence electrons. The molecule has 0 saturated carbocycles. The lowest BCUT2D eigenvalue weighted by molar-refractivity contribution is -0.377. The van der Waals surface area contributed by atoms with Crippen molar-refractivity contribution in [2.24, 2.45) is 0 Å². The van der Waals surface area contributed by atoms with Crippen LogP contribution >= 0.6 is 0 Å². The molecule has 0 aromatic carbocycles. The van der Waals surface area contributed by atoms with Crippen molar-refractivity contribution in [1.29, 1.82) is 0 Å². The van der Waals surface area contributed by atoms with Crippen molar-refractivity contribution in [3.63, 3.8) is 0 Å². The normalized spacial score (nSPS) is 36.9. The van der Waals surface area contributed by atoms with Crippen molar-refractivity contribution >= 4 is 11.9 Å². The lowest BCUT2D eigenvalue weighted by atomic mass is 9.88. The Bertz CT molecular complexity index is 915. The van der Waals surface area contributed by atoms with Crippen molar-refractivity contribution in [3.05, 3.63) is 0 Å². The standard InChI is InChI=1S/C23H41NO20/c25-2-8(31)14(35)18(10(33)4-27)42-21-17(38)20(16(37)11(5-28)41-21)44-23(22(39)40)1-7(30)13(24-12(34)6-29)19(43-23)15(36)9(32)3-26/h7-11,13-21,25-33,35-38H,1-6H2,(H,24,34)(H,39,40)/t7-,8-,9+,10+,11+,13+,14+,15+,16-,17+,18+,19+,20-,21-,23-/m0/s1. The summed E-state index contributed by atoms with van der Waals surface area (Å²) in [6.07, 6.45) is -27.9. The van der Waals surface area contributed by atoms with Crippen LogP contribution in [0.25, 0.3) is 0 Å². The van der Waals surface area contributed by atoms with Gasteiger partial charge in [-0.1, -0.05) is 0 Å². The van der Waals surface area contributed by atoms with Crippen molar-refractivity contribution in [1.82, 2.24) is 5.32 Å². The smallest absolute Gasteiger partial charge is 0.364 e. The van der Waals surface area contributed by atoms with Crippen LogP contribution in [0, 0.1) is 0 Å². The summed E-state index contributed by atoms with van der Waals surface area (Å²) < 4.78 is 21.5. The molecule has 2 aliphatic heterocycles. The molecule has 0 aliphatic carbocycles. The van der Waals surface area contributed by atoms with Crippen molar-refractivity contribution in [2.45, 2.75) is 97.8 Å². The molecule has 0 radical (unpaired) electrons. The summed E-state index contributed by atoms with van der Waals surface area (Å²) in [5.41, 5.74) is 0. The molecule has 2 heterocycles. The van der Waals surface area contributed by atoms with Crippen LogP contribution in [0.2, 0.25) is 0 Å². The number of ether oxygens (including phenoxy) is 4. The molecule has 0 bridgehead atoms. The fraction of sp³-hybridized carbons (Fsp3) is 0.913. The monoisotopic (exact) mass is 651 g/mol. The van der Waals surface area contributed by atoms with Gasteiger partial charge in [-0.2, -0.15) is 0 Å². The Morgan fingerprint density at radius 1 is 0.886 bits per heavy atom. The highest BCUT2D eigenvalue weighted by molar-refractivity contribution is 5.78. The minimum atomic E-state index is -3.12. The Kier molecular flexibility index (Phi) is 14.6. The van der Waals surface area contributed by atoms with E-state index in [-0.39, 0.29) is 0 Å². The number of hydrogen-bond donors (Lipinski definition) is 15. The quantitative estimate of drug-likeness (QED) is 0.0736. The summed E-state index contributed by atoms with van der Waals surface area (Å²) in [4.78, 5) is 24.4. The lowest BCUT2D eigenvalue weighted by Gasteiger charge is -2.50. The van der Waals surface area contributed by atoms with Crippen LogP contribution < -0.4 is 5.32 Å². The number of carbonyl (C=O) groups excluding carboxylic acids is 1. The number of aliphatic carboxylic acids is 1. The van der Waals surface area contributed by atoms with E-state index >= 15 is 0 Å². The molecule has 15 atom stereocenters. The highest BCUT2D eigenvalue weighted by Gasteiger charge is 2.59. The molecule has 0 aromatic heterocycles. The Morgan fingerprint density at radius 3 is 1.98 bits per heavy atom. The summed E-state index contributed by atoms with van der Waals surface area (Å²) in [6.45, 7) is -5.39. The molecule has 0 unspecified atom stereocenters. The first-order valence-electron chi connectivity index (χ1n) is 13.3. The Labute approximate surface area is 248 Å². The summed E-state index contributed by atoms with van der Waals surface area (Å²) in [7, 11) is 0. The van der Waals surface area contributed by atoms with Gasteiger partial charge in [0.1, 0.15) is 73.8 Å². The molecule has 0 spiro atoms. The number of carboxylic acids is 1. The Balaban J connectivity index is 2.49. The number of hydrogen-bond acceptors (Lipinski definition) is 19. The van der Waals surface area contributed by atoms with E-state index in [1.54, 1.807) is 0 Å². The van der Waals surface area contributed by atoms with E-state index in [4.69, 9.17) is 29.2 Å². The van der Waals surface area contributed by atoms with Gasteiger partial charge >= 0.3 is 5.97 Å². The summed E-state index contributed by atoms with van der Waals surface area (Å²) in [5, 5.41) is 142. The van der Waals surface area contributed by atoms with E-state index in [2.05, 4.69) is 5.32 Å². The van der Waals surface area contributed by atoms with Gasteiger partial charge in [-0.25, -0.2) is 4.79 Å². The van der Waals surface area contributed by atoms with Crippen molar-refractivity contribution in [3.8, 4) is 0 Å². The fourth-order valence-corrected chi connectivity index (χ4v) is 4.75. The zero-order chi connectivity index (χ0) is 33.5. The minimum absolute atomic E-state index is 1.04. The third-order valence-electron chi connectivity index (χ3n) is 7.21. The fourth-order valence-electron chi connectivity index (χ4n) is 4.75. The number of aliphatic hydroxyl groups excluding tert-OH is 13. The van der Waals surface area contributed by atoms with Crippen LogP contribution in [0.4, 0.5) is 0 Å². The van der Waals surface area contributed by atoms with E-state index in [0.29, 0.717) is 0 Å². The van der Waals surface area contributed by atoms with Gasteiger partial charge in [0, 0.05) is 6.42 Å². The molecule has 15 N–H and O–H groups in total. The lowest BCUT2D eigenvalue weighted by Crippen LogP contribution is -2.70. The summed E-state index contributed by atoms with van der Waals surface area (Å²) in [6, 6.07) is -1.71. The summed E-state index contributed by atoms with van der Waals surface area (Å²) >= 11 is 0. The molecule has 0 aromatic rings. The molecule has 44 heavy (non-hydrogen) atoms. The Hall–Kier alpha value is -1.74. The van der Waals surface area contributed by atoms with Crippen LogP contribution in [0.3, 0.4) is 0 Å². The van der Waals surface area contributed by atoms with Crippen LogP contribution in [-0.2, 0) is 28.5 Å². The van der Waals surface area contributed by atoms with Gasteiger partial charge in [0.25, 0.3) is 5.79 Å². The molecule has 2 saturated heterocycles. The highest BCUT2D eigenvalue weighted by Crippen LogP contribution is 2.37. The molecule has 1 amide bonds. The van der Waals surface area contributed by atoms with Gasteiger partial charge in [-0.05, 0) is 0 Å².